The van der Waals surface area contributed by atoms with Crippen molar-refractivity contribution in [3.8, 4) is 0 Å². The highest BCUT2D eigenvalue weighted by molar-refractivity contribution is 5.93. The molecule has 0 aliphatic carbocycles. The number of ether oxygens (including phenoxy) is 1. The van der Waals surface area contributed by atoms with E-state index in [1.807, 2.05) is 17.9 Å². The van der Waals surface area contributed by atoms with Crippen LogP contribution in [0.4, 0.5) is 0 Å². The lowest BCUT2D eigenvalue weighted by molar-refractivity contribution is -0.140. The Bertz CT molecular complexity index is 621. The number of nitrogens with zero attached hydrogens (tertiary/aromatic N) is 4. The second kappa shape index (κ2) is 6.93. The van der Waals surface area contributed by atoms with E-state index in [9.17, 15) is 9.59 Å². The zero-order valence-corrected chi connectivity index (χ0v) is 14.7. The Hall–Kier alpha value is -1.89. The van der Waals surface area contributed by atoms with Gasteiger partial charge in [0, 0.05) is 33.2 Å². The van der Waals surface area contributed by atoms with Crippen molar-refractivity contribution in [2.75, 3.05) is 39.4 Å². The van der Waals surface area contributed by atoms with Gasteiger partial charge >= 0.3 is 0 Å². The standard InChI is InChI=1S/C17H26N4O3/c1-4-13-9-15(19(3)18-13)17(23)21-10-12(2)14(11-21)16(22)20-5-7-24-8-6-20/h9,12,14H,4-8,10-11H2,1-3H3/t12-,14-/m0/s1. The summed E-state index contributed by atoms with van der Waals surface area (Å²) in [5.74, 6) is 0.170. The molecule has 2 aliphatic heterocycles. The molecule has 0 aromatic carbocycles. The van der Waals surface area contributed by atoms with Crippen molar-refractivity contribution in [1.82, 2.24) is 19.6 Å². The summed E-state index contributed by atoms with van der Waals surface area (Å²) in [5, 5.41) is 4.35. The molecule has 2 amide bonds. The molecule has 3 heterocycles. The van der Waals surface area contributed by atoms with Gasteiger partial charge < -0.3 is 14.5 Å². The highest BCUT2D eigenvalue weighted by Crippen LogP contribution is 2.26. The Balaban J connectivity index is 1.69. The van der Waals surface area contributed by atoms with Crippen LogP contribution in [0.5, 0.6) is 0 Å². The first-order valence-electron chi connectivity index (χ1n) is 8.70. The van der Waals surface area contributed by atoms with Gasteiger partial charge in [0.2, 0.25) is 5.91 Å². The fourth-order valence-corrected chi connectivity index (χ4v) is 3.53. The zero-order chi connectivity index (χ0) is 17.3. The van der Waals surface area contributed by atoms with Gasteiger partial charge in [0.25, 0.3) is 5.91 Å². The maximum Gasteiger partial charge on any atom is 0.272 e. The predicted molar refractivity (Wildman–Crippen MR) is 88.5 cm³/mol. The Morgan fingerprint density at radius 1 is 1.25 bits per heavy atom. The van der Waals surface area contributed by atoms with Crippen LogP contribution in [0.3, 0.4) is 0 Å². The Morgan fingerprint density at radius 3 is 2.58 bits per heavy atom. The summed E-state index contributed by atoms with van der Waals surface area (Å²) in [4.78, 5) is 29.2. The smallest absolute Gasteiger partial charge is 0.272 e. The van der Waals surface area contributed by atoms with E-state index in [-0.39, 0.29) is 23.7 Å². The highest BCUT2D eigenvalue weighted by Gasteiger charge is 2.40. The van der Waals surface area contributed by atoms with Crippen LogP contribution < -0.4 is 0 Å². The maximum atomic E-state index is 12.8. The zero-order valence-electron chi connectivity index (χ0n) is 14.7. The first kappa shape index (κ1) is 17.0. The second-order valence-corrected chi connectivity index (χ2v) is 6.73. The Kier molecular flexibility index (Phi) is 4.89. The van der Waals surface area contributed by atoms with Crippen molar-refractivity contribution in [3.05, 3.63) is 17.5 Å². The van der Waals surface area contributed by atoms with Crippen LogP contribution in [-0.2, 0) is 23.0 Å². The predicted octanol–water partition coefficient (Wildman–Crippen LogP) is 0.549. The van der Waals surface area contributed by atoms with Gasteiger partial charge in [-0.3, -0.25) is 14.3 Å². The molecule has 2 fully saturated rings. The topological polar surface area (TPSA) is 67.7 Å². The summed E-state index contributed by atoms with van der Waals surface area (Å²) in [6.45, 7) is 7.68. The molecule has 24 heavy (non-hydrogen) atoms. The number of hydrogen-bond acceptors (Lipinski definition) is 4. The van der Waals surface area contributed by atoms with Gasteiger partial charge in [-0.25, -0.2) is 0 Å². The van der Waals surface area contributed by atoms with Crippen molar-refractivity contribution in [2.24, 2.45) is 18.9 Å². The fraction of sp³-hybridized carbons (Fsp3) is 0.706. The summed E-state index contributed by atoms with van der Waals surface area (Å²) in [6.07, 6.45) is 0.801. The first-order chi connectivity index (χ1) is 11.5. The van der Waals surface area contributed by atoms with Gasteiger partial charge in [0.1, 0.15) is 5.69 Å². The lowest BCUT2D eigenvalue weighted by Crippen LogP contribution is -2.45. The third-order valence-electron chi connectivity index (χ3n) is 5.05. The number of likely N-dealkylation sites (tertiary alicyclic amines) is 1. The molecule has 0 N–H and O–H groups in total. The molecule has 1 aromatic rings. The van der Waals surface area contributed by atoms with Crippen LogP contribution >= 0.6 is 0 Å². The molecule has 0 radical (unpaired) electrons. The maximum absolute atomic E-state index is 12.8. The number of amides is 2. The van der Waals surface area contributed by atoms with E-state index in [4.69, 9.17) is 4.74 Å². The molecule has 0 unspecified atom stereocenters. The molecular weight excluding hydrogens is 308 g/mol. The van der Waals surface area contributed by atoms with Crippen LogP contribution in [-0.4, -0.2) is 70.8 Å². The van der Waals surface area contributed by atoms with Crippen LogP contribution in [0.1, 0.15) is 30.0 Å². The normalized spacial score (nSPS) is 24.5. The van der Waals surface area contributed by atoms with Crippen LogP contribution in [0.25, 0.3) is 0 Å². The fourth-order valence-electron chi connectivity index (χ4n) is 3.53. The Labute approximate surface area is 142 Å². The van der Waals surface area contributed by atoms with Gasteiger partial charge in [0.15, 0.2) is 0 Å². The van der Waals surface area contributed by atoms with Crippen molar-refractivity contribution in [1.29, 1.82) is 0 Å². The summed E-state index contributed by atoms with van der Waals surface area (Å²) in [7, 11) is 1.79. The molecular formula is C17H26N4O3. The minimum atomic E-state index is -0.120. The van der Waals surface area contributed by atoms with E-state index in [1.165, 1.54) is 0 Å². The van der Waals surface area contributed by atoms with Gasteiger partial charge in [-0.05, 0) is 18.4 Å². The molecule has 132 valence electrons. The molecule has 2 atom stereocenters. The van der Waals surface area contributed by atoms with Crippen molar-refractivity contribution in [3.63, 3.8) is 0 Å². The highest BCUT2D eigenvalue weighted by atomic mass is 16.5. The van der Waals surface area contributed by atoms with Gasteiger partial charge in [0.05, 0.1) is 24.8 Å². The first-order valence-corrected chi connectivity index (χ1v) is 8.70. The molecule has 1 aromatic heterocycles. The summed E-state index contributed by atoms with van der Waals surface area (Å²) >= 11 is 0. The second-order valence-electron chi connectivity index (χ2n) is 6.73. The molecule has 2 aliphatic rings. The minimum Gasteiger partial charge on any atom is -0.378 e. The number of rotatable bonds is 3. The minimum absolute atomic E-state index is 0.0335. The SMILES string of the molecule is CCc1cc(C(=O)N2C[C@H](C(=O)N3CCOCC3)[C@@H](C)C2)n(C)n1. The van der Waals surface area contributed by atoms with Crippen molar-refractivity contribution in [2.45, 2.75) is 20.3 Å². The van der Waals surface area contributed by atoms with E-state index in [2.05, 4.69) is 12.0 Å². The molecule has 0 spiro atoms. The van der Waals surface area contributed by atoms with Crippen molar-refractivity contribution >= 4 is 11.8 Å². The molecule has 3 rings (SSSR count). The van der Waals surface area contributed by atoms with Crippen LogP contribution in [0, 0.1) is 11.8 Å². The van der Waals surface area contributed by atoms with E-state index in [0.29, 0.717) is 45.1 Å². The molecule has 7 nitrogen and oxygen atoms in total. The van der Waals surface area contributed by atoms with E-state index >= 15 is 0 Å². The number of carbonyl (C=O) groups excluding carboxylic acids is 2. The molecule has 7 heteroatoms. The van der Waals surface area contributed by atoms with Crippen LogP contribution in [0.2, 0.25) is 0 Å². The summed E-state index contributed by atoms with van der Waals surface area (Å²) in [6, 6.07) is 1.85. The molecule has 2 saturated heterocycles. The van der Waals surface area contributed by atoms with E-state index < -0.39 is 0 Å². The van der Waals surface area contributed by atoms with Gasteiger partial charge in [-0.15, -0.1) is 0 Å². The number of morpholine rings is 1. The van der Waals surface area contributed by atoms with E-state index in [0.717, 1.165) is 12.1 Å². The van der Waals surface area contributed by atoms with Crippen LogP contribution in [0.15, 0.2) is 6.07 Å². The molecule has 0 saturated carbocycles. The third kappa shape index (κ3) is 3.17. The van der Waals surface area contributed by atoms with Gasteiger partial charge in [-0.1, -0.05) is 13.8 Å². The molecule has 0 bridgehead atoms. The van der Waals surface area contributed by atoms with Crippen molar-refractivity contribution < 1.29 is 14.3 Å². The quantitative estimate of drug-likeness (QED) is 0.810. The average molecular weight is 334 g/mol. The number of hydrogen-bond donors (Lipinski definition) is 0. The monoisotopic (exact) mass is 334 g/mol. The lowest BCUT2D eigenvalue weighted by atomic mass is 9.96. The summed E-state index contributed by atoms with van der Waals surface area (Å²) in [5.41, 5.74) is 1.51. The summed E-state index contributed by atoms with van der Waals surface area (Å²) < 4.78 is 6.96. The van der Waals surface area contributed by atoms with E-state index in [1.54, 1.807) is 16.6 Å². The largest absolute Gasteiger partial charge is 0.378 e. The lowest BCUT2D eigenvalue weighted by Gasteiger charge is -2.30. The number of aryl methyl sites for hydroxylation is 2. The average Bonchev–Trinajstić information content (AvgIpc) is 3.17. The Morgan fingerprint density at radius 2 is 1.96 bits per heavy atom. The number of aromatic nitrogens is 2. The van der Waals surface area contributed by atoms with Gasteiger partial charge in [-0.2, -0.15) is 5.10 Å². The third-order valence-corrected chi connectivity index (χ3v) is 5.05. The number of carbonyl (C=O) groups is 2.